The molecule has 1 aromatic rings. The summed E-state index contributed by atoms with van der Waals surface area (Å²) in [5.41, 5.74) is 8.06. The largest absolute Gasteiger partial charge is 0.322 e. The van der Waals surface area contributed by atoms with Gasteiger partial charge in [-0.15, -0.1) is 0 Å². The first-order valence-electron chi connectivity index (χ1n) is 6.62. The second kappa shape index (κ2) is 5.51. The molecule has 0 bridgehead atoms. The van der Waals surface area contributed by atoms with Crippen LogP contribution in [0.2, 0.25) is 0 Å². The standard InChI is InChI=1S/C14H24N2S/c1-16(2)14(8-5-3-4-6-9-14)13(15)12-7-10-17-11-12/h7,10-11,13H,3-6,8-9,15H2,1-2H3. The zero-order chi connectivity index (χ0) is 12.3. The number of thiophene rings is 1. The lowest BCUT2D eigenvalue weighted by atomic mass is 9.79. The zero-order valence-corrected chi connectivity index (χ0v) is 11.8. The number of hydrogen-bond acceptors (Lipinski definition) is 3. The van der Waals surface area contributed by atoms with Crippen LogP contribution in [0.25, 0.3) is 0 Å². The molecule has 1 heterocycles. The summed E-state index contributed by atoms with van der Waals surface area (Å²) in [5, 5.41) is 4.34. The Morgan fingerprint density at radius 2 is 1.88 bits per heavy atom. The van der Waals surface area contributed by atoms with Gasteiger partial charge in [0.25, 0.3) is 0 Å². The molecule has 1 aliphatic rings. The Labute approximate surface area is 109 Å². The molecule has 3 heteroatoms. The highest BCUT2D eigenvalue weighted by molar-refractivity contribution is 7.07. The number of hydrogen-bond donors (Lipinski definition) is 1. The van der Waals surface area contributed by atoms with Crippen molar-refractivity contribution >= 4 is 11.3 Å². The van der Waals surface area contributed by atoms with Crippen LogP contribution in [0.15, 0.2) is 16.8 Å². The third-order valence-electron chi connectivity index (χ3n) is 4.34. The van der Waals surface area contributed by atoms with Gasteiger partial charge in [0.2, 0.25) is 0 Å². The molecule has 2 rings (SSSR count). The molecule has 2 nitrogen and oxygen atoms in total. The van der Waals surface area contributed by atoms with E-state index in [4.69, 9.17) is 5.73 Å². The van der Waals surface area contributed by atoms with Gasteiger partial charge in [0, 0.05) is 11.6 Å². The SMILES string of the molecule is CN(C)C1(C(N)c2ccsc2)CCCCCC1. The predicted molar refractivity (Wildman–Crippen MR) is 75.4 cm³/mol. The van der Waals surface area contributed by atoms with Crippen molar-refractivity contribution in [3.8, 4) is 0 Å². The summed E-state index contributed by atoms with van der Waals surface area (Å²) in [7, 11) is 4.38. The maximum atomic E-state index is 6.58. The fraction of sp³-hybridized carbons (Fsp3) is 0.714. The van der Waals surface area contributed by atoms with Crippen molar-refractivity contribution in [3.05, 3.63) is 22.4 Å². The van der Waals surface area contributed by atoms with E-state index in [-0.39, 0.29) is 11.6 Å². The third kappa shape index (κ3) is 2.56. The minimum absolute atomic E-state index is 0.154. The van der Waals surface area contributed by atoms with Gasteiger partial charge in [0.1, 0.15) is 0 Å². The first kappa shape index (κ1) is 13.1. The molecule has 1 unspecified atom stereocenters. The Bertz CT molecular complexity index is 324. The molecule has 1 fully saturated rings. The number of nitrogens with two attached hydrogens (primary N) is 1. The normalized spacial score (nSPS) is 22.4. The number of nitrogens with zero attached hydrogens (tertiary/aromatic N) is 1. The fourth-order valence-electron chi connectivity index (χ4n) is 3.14. The van der Waals surface area contributed by atoms with E-state index < -0.39 is 0 Å². The van der Waals surface area contributed by atoms with E-state index in [1.165, 1.54) is 44.1 Å². The van der Waals surface area contributed by atoms with Crippen molar-refractivity contribution in [3.63, 3.8) is 0 Å². The first-order chi connectivity index (χ1) is 8.17. The Morgan fingerprint density at radius 1 is 1.24 bits per heavy atom. The van der Waals surface area contributed by atoms with E-state index in [0.717, 1.165) is 0 Å². The van der Waals surface area contributed by atoms with Gasteiger partial charge in [0.15, 0.2) is 0 Å². The van der Waals surface area contributed by atoms with Crippen LogP contribution in [0, 0.1) is 0 Å². The molecular weight excluding hydrogens is 228 g/mol. The number of rotatable bonds is 3. The van der Waals surface area contributed by atoms with Crippen LogP contribution in [0.5, 0.6) is 0 Å². The van der Waals surface area contributed by atoms with E-state index in [2.05, 4.69) is 35.8 Å². The van der Waals surface area contributed by atoms with E-state index in [1.807, 2.05) is 0 Å². The molecule has 0 spiro atoms. The second-order valence-corrected chi connectivity index (χ2v) is 6.23. The van der Waals surface area contributed by atoms with E-state index in [0.29, 0.717) is 0 Å². The van der Waals surface area contributed by atoms with Crippen molar-refractivity contribution in [1.29, 1.82) is 0 Å². The molecule has 17 heavy (non-hydrogen) atoms. The fourth-order valence-corrected chi connectivity index (χ4v) is 3.84. The Morgan fingerprint density at radius 3 is 2.35 bits per heavy atom. The summed E-state index contributed by atoms with van der Waals surface area (Å²) >= 11 is 1.75. The van der Waals surface area contributed by atoms with Crippen LogP contribution < -0.4 is 5.73 Å². The molecule has 1 saturated carbocycles. The maximum Gasteiger partial charge on any atom is 0.0490 e. The van der Waals surface area contributed by atoms with Gasteiger partial charge >= 0.3 is 0 Å². The van der Waals surface area contributed by atoms with Gasteiger partial charge in [-0.3, -0.25) is 0 Å². The van der Waals surface area contributed by atoms with Gasteiger partial charge in [0.05, 0.1) is 0 Å². The molecule has 0 amide bonds. The molecule has 0 radical (unpaired) electrons. The Kier molecular flexibility index (Phi) is 4.23. The summed E-state index contributed by atoms with van der Waals surface area (Å²) in [6.07, 6.45) is 7.83. The van der Waals surface area contributed by atoms with Crippen LogP contribution in [0.4, 0.5) is 0 Å². The molecule has 1 aromatic heterocycles. The van der Waals surface area contributed by atoms with Gasteiger partial charge in [-0.05, 0) is 49.3 Å². The van der Waals surface area contributed by atoms with Crippen LogP contribution in [-0.2, 0) is 0 Å². The highest BCUT2D eigenvalue weighted by atomic mass is 32.1. The lowest BCUT2D eigenvalue weighted by Crippen LogP contribution is -2.51. The molecule has 0 saturated heterocycles. The minimum Gasteiger partial charge on any atom is -0.322 e. The molecular formula is C14H24N2S. The quantitative estimate of drug-likeness (QED) is 0.835. The van der Waals surface area contributed by atoms with Crippen LogP contribution in [0.3, 0.4) is 0 Å². The summed E-state index contributed by atoms with van der Waals surface area (Å²) in [6.45, 7) is 0. The number of likely N-dealkylation sites (N-methyl/N-ethyl adjacent to an activating group) is 1. The van der Waals surface area contributed by atoms with Crippen molar-refractivity contribution in [2.75, 3.05) is 14.1 Å². The first-order valence-corrected chi connectivity index (χ1v) is 7.56. The van der Waals surface area contributed by atoms with Gasteiger partial charge < -0.3 is 10.6 Å². The molecule has 2 N–H and O–H groups in total. The third-order valence-corrected chi connectivity index (χ3v) is 5.04. The lowest BCUT2D eigenvalue weighted by molar-refractivity contribution is 0.0970. The maximum absolute atomic E-state index is 6.58. The van der Waals surface area contributed by atoms with Crippen molar-refractivity contribution in [2.24, 2.45) is 5.73 Å². The minimum atomic E-state index is 0.154. The van der Waals surface area contributed by atoms with Gasteiger partial charge in [-0.25, -0.2) is 0 Å². The van der Waals surface area contributed by atoms with Gasteiger partial charge in [-0.2, -0.15) is 11.3 Å². The van der Waals surface area contributed by atoms with Crippen molar-refractivity contribution in [2.45, 2.75) is 50.1 Å². The molecule has 1 atom stereocenters. The van der Waals surface area contributed by atoms with Crippen molar-refractivity contribution < 1.29 is 0 Å². The van der Waals surface area contributed by atoms with Crippen LogP contribution in [-0.4, -0.2) is 24.5 Å². The predicted octanol–water partition coefficient (Wildman–Crippen LogP) is 3.40. The summed E-state index contributed by atoms with van der Waals surface area (Å²) in [5.74, 6) is 0. The molecule has 1 aliphatic carbocycles. The van der Waals surface area contributed by atoms with E-state index in [9.17, 15) is 0 Å². The van der Waals surface area contributed by atoms with E-state index in [1.54, 1.807) is 11.3 Å². The second-order valence-electron chi connectivity index (χ2n) is 5.45. The summed E-state index contributed by atoms with van der Waals surface area (Å²) in [6, 6.07) is 2.34. The molecule has 96 valence electrons. The topological polar surface area (TPSA) is 29.3 Å². The highest BCUT2D eigenvalue weighted by Crippen LogP contribution is 2.40. The molecule has 0 aliphatic heterocycles. The van der Waals surface area contributed by atoms with Gasteiger partial charge in [-0.1, -0.05) is 25.7 Å². The average molecular weight is 252 g/mol. The molecule has 0 aromatic carbocycles. The summed E-state index contributed by atoms with van der Waals surface area (Å²) < 4.78 is 0. The summed E-state index contributed by atoms with van der Waals surface area (Å²) in [4.78, 5) is 2.38. The Hall–Kier alpha value is -0.380. The highest BCUT2D eigenvalue weighted by Gasteiger charge is 2.39. The smallest absolute Gasteiger partial charge is 0.0490 e. The van der Waals surface area contributed by atoms with Crippen LogP contribution in [0.1, 0.15) is 50.1 Å². The van der Waals surface area contributed by atoms with E-state index >= 15 is 0 Å². The monoisotopic (exact) mass is 252 g/mol. The average Bonchev–Trinajstić information content (AvgIpc) is 2.72. The Balaban J connectivity index is 2.26. The zero-order valence-electron chi connectivity index (χ0n) is 11.0. The van der Waals surface area contributed by atoms with Crippen LogP contribution >= 0.6 is 11.3 Å². The van der Waals surface area contributed by atoms with Crippen molar-refractivity contribution in [1.82, 2.24) is 4.90 Å². The lowest BCUT2D eigenvalue weighted by Gasteiger charge is -2.44.